The van der Waals surface area contributed by atoms with E-state index in [9.17, 15) is 8.42 Å². The third-order valence-corrected chi connectivity index (χ3v) is 6.69. The van der Waals surface area contributed by atoms with Gasteiger partial charge in [0.05, 0.1) is 21.0 Å². The fourth-order valence-corrected chi connectivity index (χ4v) is 4.54. The molecule has 3 rings (SSSR count). The van der Waals surface area contributed by atoms with E-state index < -0.39 is 16.1 Å². The Balaban J connectivity index is 1.87. The van der Waals surface area contributed by atoms with Crippen molar-refractivity contribution >= 4 is 33.2 Å². The molecular weight excluding hydrogens is 427 g/mol. The van der Waals surface area contributed by atoms with Gasteiger partial charge in [-0.25, -0.2) is 13.1 Å². The predicted molar refractivity (Wildman–Crippen MR) is 120 cm³/mol. The molecule has 0 heterocycles. The highest BCUT2D eigenvalue weighted by atomic mass is 35.5. The van der Waals surface area contributed by atoms with Crippen LogP contribution in [0.15, 0.2) is 77.7 Å². The van der Waals surface area contributed by atoms with Gasteiger partial charge in [-0.1, -0.05) is 71.7 Å². The molecule has 0 fully saturated rings. The van der Waals surface area contributed by atoms with E-state index in [2.05, 4.69) is 4.72 Å². The second kappa shape index (κ2) is 9.28. The summed E-state index contributed by atoms with van der Waals surface area (Å²) in [5, 5.41) is 0.817. The molecule has 29 heavy (non-hydrogen) atoms. The molecule has 0 bridgehead atoms. The van der Waals surface area contributed by atoms with E-state index in [1.807, 2.05) is 61.5 Å². The standard InChI is InChI=1S/C22H22Cl2N2O2S/c1-26(2)15-22(18-10-13-20(23)21(24)14-18)25-29(27,28)19-11-8-17(9-12-19)16-6-4-3-5-7-16/h3-14,22,25H,15H2,1-2H3. The first-order chi connectivity index (χ1) is 13.8. The highest BCUT2D eigenvalue weighted by molar-refractivity contribution is 7.89. The Morgan fingerprint density at radius 1 is 0.862 bits per heavy atom. The average molecular weight is 449 g/mol. The van der Waals surface area contributed by atoms with Crippen LogP contribution in [0, 0.1) is 0 Å². The molecule has 152 valence electrons. The quantitative estimate of drug-likeness (QED) is 0.537. The van der Waals surface area contributed by atoms with Gasteiger partial charge in [-0.2, -0.15) is 0 Å². The van der Waals surface area contributed by atoms with Crippen LogP contribution in [-0.2, 0) is 10.0 Å². The van der Waals surface area contributed by atoms with Crippen molar-refractivity contribution in [1.29, 1.82) is 0 Å². The van der Waals surface area contributed by atoms with E-state index in [-0.39, 0.29) is 4.90 Å². The van der Waals surface area contributed by atoms with Crippen LogP contribution in [0.5, 0.6) is 0 Å². The van der Waals surface area contributed by atoms with E-state index in [0.29, 0.717) is 16.6 Å². The van der Waals surface area contributed by atoms with Crippen LogP contribution in [-0.4, -0.2) is 34.0 Å². The molecule has 0 saturated carbocycles. The van der Waals surface area contributed by atoms with Gasteiger partial charge >= 0.3 is 0 Å². The van der Waals surface area contributed by atoms with Crippen molar-refractivity contribution in [1.82, 2.24) is 9.62 Å². The molecule has 0 spiro atoms. The van der Waals surface area contributed by atoms with Gasteiger partial charge in [-0.15, -0.1) is 0 Å². The van der Waals surface area contributed by atoms with E-state index in [0.717, 1.165) is 16.7 Å². The Kier molecular flexibility index (Phi) is 6.98. The molecule has 0 saturated heterocycles. The summed E-state index contributed by atoms with van der Waals surface area (Å²) in [5.74, 6) is 0. The summed E-state index contributed by atoms with van der Waals surface area (Å²) in [6.07, 6.45) is 0. The third kappa shape index (κ3) is 5.59. The van der Waals surface area contributed by atoms with Crippen LogP contribution < -0.4 is 4.72 Å². The normalized spacial score (nSPS) is 12.9. The predicted octanol–water partition coefficient (Wildman–Crippen LogP) is 5.24. The molecule has 1 unspecified atom stereocenters. The lowest BCUT2D eigenvalue weighted by atomic mass is 10.1. The molecule has 0 aliphatic heterocycles. The van der Waals surface area contributed by atoms with E-state index in [4.69, 9.17) is 23.2 Å². The minimum atomic E-state index is -3.73. The Labute approximate surface area is 182 Å². The van der Waals surface area contributed by atoms with Crippen molar-refractivity contribution in [3.63, 3.8) is 0 Å². The average Bonchev–Trinajstić information content (AvgIpc) is 2.70. The number of hydrogen-bond donors (Lipinski definition) is 1. The minimum Gasteiger partial charge on any atom is -0.307 e. The Hall–Kier alpha value is -1.89. The summed E-state index contributed by atoms with van der Waals surface area (Å²) in [4.78, 5) is 2.12. The topological polar surface area (TPSA) is 49.4 Å². The van der Waals surface area contributed by atoms with Gasteiger partial charge in [0.25, 0.3) is 0 Å². The van der Waals surface area contributed by atoms with Gasteiger partial charge in [-0.05, 0) is 55.1 Å². The summed E-state index contributed by atoms with van der Waals surface area (Å²) in [6, 6.07) is 21.3. The first-order valence-corrected chi connectivity index (χ1v) is 11.3. The number of sulfonamides is 1. The van der Waals surface area contributed by atoms with Crippen molar-refractivity contribution < 1.29 is 8.42 Å². The highest BCUT2D eigenvalue weighted by Crippen LogP contribution is 2.27. The molecule has 1 N–H and O–H groups in total. The second-order valence-corrected chi connectivity index (χ2v) is 9.53. The van der Waals surface area contributed by atoms with Gasteiger partial charge in [0.2, 0.25) is 10.0 Å². The van der Waals surface area contributed by atoms with Crippen molar-refractivity contribution in [3.8, 4) is 11.1 Å². The maximum atomic E-state index is 13.0. The van der Waals surface area contributed by atoms with Gasteiger partial charge in [-0.3, -0.25) is 0 Å². The van der Waals surface area contributed by atoms with Crippen molar-refractivity contribution in [2.24, 2.45) is 0 Å². The Bertz CT molecular complexity index is 1070. The van der Waals surface area contributed by atoms with Crippen molar-refractivity contribution in [3.05, 3.63) is 88.4 Å². The Morgan fingerprint density at radius 3 is 2.07 bits per heavy atom. The molecule has 3 aromatic carbocycles. The van der Waals surface area contributed by atoms with E-state index in [1.165, 1.54) is 0 Å². The molecule has 0 radical (unpaired) electrons. The molecule has 4 nitrogen and oxygen atoms in total. The maximum absolute atomic E-state index is 13.0. The van der Waals surface area contributed by atoms with Gasteiger partial charge < -0.3 is 4.90 Å². The Morgan fingerprint density at radius 2 is 1.48 bits per heavy atom. The van der Waals surface area contributed by atoms with Gasteiger partial charge in [0, 0.05) is 6.54 Å². The van der Waals surface area contributed by atoms with Crippen LogP contribution >= 0.6 is 23.2 Å². The molecule has 0 amide bonds. The molecule has 0 aliphatic carbocycles. The molecule has 3 aromatic rings. The maximum Gasteiger partial charge on any atom is 0.241 e. The lowest BCUT2D eigenvalue weighted by Crippen LogP contribution is -2.35. The number of benzene rings is 3. The SMILES string of the molecule is CN(C)CC(NS(=O)(=O)c1ccc(-c2ccccc2)cc1)c1ccc(Cl)c(Cl)c1. The van der Waals surface area contributed by atoms with Crippen LogP contribution in [0.4, 0.5) is 0 Å². The van der Waals surface area contributed by atoms with Crippen LogP contribution in [0.25, 0.3) is 11.1 Å². The van der Waals surface area contributed by atoms with Crippen LogP contribution in [0.2, 0.25) is 10.0 Å². The third-order valence-electron chi connectivity index (χ3n) is 4.46. The van der Waals surface area contributed by atoms with E-state index in [1.54, 1.807) is 30.3 Å². The number of nitrogens with one attached hydrogen (secondary N) is 1. The number of nitrogens with zero attached hydrogens (tertiary/aromatic N) is 1. The monoisotopic (exact) mass is 448 g/mol. The fourth-order valence-electron chi connectivity index (χ4n) is 3.02. The van der Waals surface area contributed by atoms with Crippen LogP contribution in [0.1, 0.15) is 11.6 Å². The summed E-state index contributed by atoms with van der Waals surface area (Å²) in [5.41, 5.74) is 2.74. The first-order valence-electron chi connectivity index (χ1n) is 9.04. The minimum absolute atomic E-state index is 0.209. The zero-order valence-corrected chi connectivity index (χ0v) is 18.5. The highest BCUT2D eigenvalue weighted by Gasteiger charge is 2.22. The number of likely N-dealkylation sites (N-methyl/N-ethyl adjacent to an activating group) is 1. The number of hydrogen-bond acceptors (Lipinski definition) is 3. The van der Waals surface area contributed by atoms with Crippen molar-refractivity contribution in [2.45, 2.75) is 10.9 Å². The summed E-state index contributed by atoms with van der Waals surface area (Å²) in [6.45, 7) is 0.472. The fraction of sp³-hybridized carbons (Fsp3) is 0.182. The zero-order chi connectivity index (χ0) is 21.0. The van der Waals surface area contributed by atoms with Gasteiger partial charge in [0.15, 0.2) is 0 Å². The molecule has 1 atom stereocenters. The largest absolute Gasteiger partial charge is 0.307 e. The molecule has 0 aromatic heterocycles. The smallest absolute Gasteiger partial charge is 0.241 e. The number of rotatable bonds is 7. The lowest BCUT2D eigenvalue weighted by molar-refractivity contribution is 0.363. The number of halogens is 2. The summed E-state index contributed by atoms with van der Waals surface area (Å²) >= 11 is 12.1. The molecule has 0 aliphatic rings. The first kappa shape index (κ1) is 21.8. The molecule has 7 heteroatoms. The van der Waals surface area contributed by atoms with Gasteiger partial charge in [0.1, 0.15) is 0 Å². The summed E-state index contributed by atoms with van der Waals surface area (Å²) < 4.78 is 28.8. The van der Waals surface area contributed by atoms with E-state index >= 15 is 0 Å². The van der Waals surface area contributed by atoms with Crippen LogP contribution in [0.3, 0.4) is 0 Å². The summed E-state index contributed by atoms with van der Waals surface area (Å²) in [7, 11) is 0.0369. The second-order valence-electron chi connectivity index (χ2n) is 7.00. The zero-order valence-electron chi connectivity index (χ0n) is 16.1. The lowest BCUT2D eigenvalue weighted by Gasteiger charge is -2.23. The molecular formula is C22H22Cl2N2O2S. The van der Waals surface area contributed by atoms with Crippen molar-refractivity contribution in [2.75, 3.05) is 20.6 Å².